The zero-order valence-corrected chi connectivity index (χ0v) is 10.8. The van der Waals surface area contributed by atoms with Crippen LogP contribution in [0.1, 0.15) is 65.2 Å². The van der Waals surface area contributed by atoms with Crippen LogP contribution in [0.15, 0.2) is 0 Å². The zero-order valence-electron chi connectivity index (χ0n) is 10.8. The van der Waals surface area contributed by atoms with Gasteiger partial charge in [-0.1, -0.05) is 26.7 Å². The molecule has 0 saturated heterocycles. The molecule has 4 rings (SSSR count). The van der Waals surface area contributed by atoms with Crippen LogP contribution in [0.25, 0.3) is 0 Å². The average molecular weight is 222 g/mol. The Bertz CT molecular complexity index is 271. The fraction of sp³-hybridized carbons (Fsp3) is 1.00. The van der Waals surface area contributed by atoms with Gasteiger partial charge in [0.25, 0.3) is 0 Å². The maximum absolute atomic E-state index is 11.2. The van der Waals surface area contributed by atoms with Crippen LogP contribution in [0, 0.1) is 23.2 Å². The number of aliphatic hydroxyl groups is 1. The van der Waals surface area contributed by atoms with Gasteiger partial charge in [0.2, 0.25) is 0 Å². The van der Waals surface area contributed by atoms with E-state index in [0.717, 1.165) is 18.3 Å². The molecule has 0 aromatic heterocycles. The molecular formula is C15H26O. The van der Waals surface area contributed by atoms with E-state index in [0.29, 0.717) is 5.92 Å². The molecule has 3 atom stereocenters. The first-order valence-corrected chi connectivity index (χ1v) is 7.30. The Morgan fingerprint density at radius 1 is 1.12 bits per heavy atom. The molecule has 0 aromatic carbocycles. The Morgan fingerprint density at radius 3 is 2.25 bits per heavy atom. The highest BCUT2D eigenvalue weighted by atomic mass is 16.3. The molecule has 0 amide bonds. The van der Waals surface area contributed by atoms with E-state index in [2.05, 4.69) is 13.8 Å². The first-order chi connectivity index (χ1) is 7.57. The molecule has 0 aliphatic heterocycles. The predicted octanol–water partition coefficient (Wildman–Crippen LogP) is 3.75. The van der Waals surface area contributed by atoms with Crippen molar-refractivity contribution in [3.63, 3.8) is 0 Å². The molecule has 16 heavy (non-hydrogen) atoms. The van der Waals surface area contributed by atoms with Crippen molar-refractivity contribution in [3.05, 3.63) is 0 Å². The van der Waals surface area contributed by atoms with Gasteiger partial charge < -0.3 is 5.11 Å². The lowest BCUT2D eigenvalue weighted by Gasteiger charge is -2.64. The smallest absolute Gasteiger partial charge is 0.0729 e. The summed E-state index contributed by atoms with van der Waals surface area (Å²) in [4.78, 5) is 0. The van der Waals surface area contributed by atoms with Crippen LogP contribution < -0.4 is 0 Å². The van der Waals surface area contributed by atoms with Crippen LogP contribution in [0.4, 0.5) is 0 Å². The van der Waals surface area contributed by atoms with E-state index < -0.39 is 0 Å². The minimum atomic E-state index is -0.309. The summed E-state index contributed by atoms with van der Waals surface area (Å²) < 4.78 is 0. The maximum atomic E-state index is 11.2. The van der Waals surface area contributed by atoms with E-state index in [1.165, 1.54) is 44.9 Å². The second-order valence-electron chi connectivity index (χ2n) is 7.13. The van der Waals surface area contributed by atoms with E-state index in [4.69, 9.17) is 0 Å². The predicted molar refractivity (Wildman–Crippen MR) is 66.1 cm³/mol. The summed E-state index contributed by atoms with van der Waals surface area (Å²) in [5.74, 6) is 2.53. The lowest BCUT2D eigenvalue weighted by atomic mass is 9.43. The van der Waals surface area contributed by atoms with Crippen LogP contribution >= 0.6 is 0 Å². The first kappa shape index (κ1) is 11.1. The molecule has 1 heteroatoms. The molecule has 0 heterocycles. The van der Waals surface area contributed by atoms with Crippen molar-refractivity contribution in [2.24, 2.45) is 23.2 Å². The van der Waals surface area contributed by atoms with Gasteiger partial charge in [-0.25, -0.2) is 0 Å². The average Bonchev–Trinajstić information content (AvgIpc) is 2.22. The van der Waals surface area contributed by atoms with Gasteiger partial charge in [-0.05, 0) is 61.7 Å². The third-order valence-corrected chi connectivity index (χ3v) is 6.01. The number of hydrogen-bond acceptors (Lipinski definition) is 1. The first-order valence-electron chi connectivity index (χ1n) is 7.30. The third kappa shape index (κ3) is 1.33. The van der Waals surface area contributed by atoms with E-state index >= 15 is 0 Å². The van der Waals surface area contributed by atoms with Crippen LogP contribution in [0.5, 0.6) is 0 Å². The molecule has 1 N–H and O–H groups in total. The van der Waals surface area contributed by atoms with Gasteiger partial charge in [-0.2, -0.15) is 0 Å². The minimum absolute atomic E-state index is 0.261. The van der Waals surface area contributed by atoms with Gasteiger partial charge in [0.1, 0.15) is 0 Å². The molecule has 4 aliphatic carbocycles. The second kappa shape index (κ2) is 3.48. The summed E-state index contributed by atoms with van der Waals surface area (Å²) in [6.45, 7) is 4.62. The van der Waals surface area contributed by atoms with Gasteiger partial charge in [-0.15, -0.1) is 0 Å². The Labute approximate surface area is 99.6 Å². The molecule has 0 spiro atoms. The Balaban J connectivity index is 1.87. The summed E-state index contributed by atoms with van der Waals surface area (Å²) in [6.07, 6.45) is 10.2. The van der Waals surface area contributed by atoms with Crippen LogP contribution in [0.3, 0.4) is 0 Å². The summed E-state index contributed by atoms with van der Waals surface area (Å²) in [5.41, 5.74) is -0.0483. The number of rotatable bonds is 3. The molecular weight excluding hydrogens is 196 g/mol. The lowest BCUT2D eigenvalue weighted by molar-refractivity contribution is -0.225. The monoisotopic (exact) mass is 222 g/mol. The number of hydrogen-bond donors (Lipinski definition) is 1. The van der Waals surface area contributed by atoms with Gasteiger partial charge >= 0.3 is 0 Å². The van der Waals surface area contributed by atoms with E-state index in [1.54, 1.807) is 0 Å². The van der Waals surface area contributed by atoms with Gasteiger partial charge in [0, 0.05) is 0 Å². The molecule has 4 saturated carbocycles. The topological polar surface area (TPSA) is 20.2 Å². The van der Waals surface area contributed by atoms with Gasteiger partial charge in [0.05, 0.1) is 5.60 Å². The highest BCUT2D eigenvalue weighted by Gasteiger charge is 2.62. The highest BCUT2D eigenvalue weighted by Crippen LogP contribution is 2.65. The van der Waals surface area contributed by atoms with Crippen LogP contribution in [0.2, 0.25) is 0 Å². The minimum Gasteiger partial charge on any atom is -0.389 e. The van der Waals surface area contributed by atoms with Crippen molar-refractivity contribution in [1.82, 2.24) is 0 Å². The molecule has 4 fully saturated rings. The summed E-state index contributed by atoms with van der Waals surface area (Å²) in [7, 11) is 0. The Morgan fingerprint density at radius 2 is 1.75 bits per heavy atom. The highest BCUT2D eigenvalue weighted by molar-refractivity contribution is 5.12. The van der Waals surface area contributed by atoms with Crippen LogP contribution in [-0.2, 0) is 0 Å². The molecule has 1 nitrogen and oxygen atoms in total. The van der Waals surface area contributed by atoms with E-state index in [1.807, 2.05) is 0 Å². The summed E-state index contributed by atoms with van der Waals surface area (Å²) >= 11 is 0. The fourth-order valence-corrected chi connectivity index (χ4v) is 5.44. The van der Waals surface area contributed by atoms with Gasteiger partial charge in [-0.3, -0.25) is 0 Å². The SMILES string of the molecule is CCCCC1(O)C2CC3CC(C2)CC1(C)C3. The molecule has 3 unspecified atom stereocenters. The standard InChI is InChI=1S/C15H26O/c1-3-4-5-15(16)13-7-11-6-12(8-13)10-14(15,2)9-11/h11-13,16H,3-10H2,1-2H3. The Hall–Kier alpha value is -0.0400. The Kier molecular flexibility index (Phi) is 2.41. The molecule has 4 aliphatic rings. The van der Waals surface area contributed by atoms with Crippen molar-refractivity contribution in [3.8, 4) is 0 Å². The summed E-state index contributed by atoms with van der Waals surface area (Å²) in [6, 6.07) is 0. The normalized spacial score (nSPS) is 54.6. The fourth-order valence-electron chi connectivity index (χ4n) is 5.44. The molecule has 0 aromatic rings. The van der Waals surface area contributed by atoms with Crippen molar-refractivity contribution >= 4 is 0 Å². The zero-order chi connectivity index (χ0) is 11.4. The second-order valence-corrected chi connectivity index (χ2v) is 7.13. The van der Waals surface area contributed by atoms with Crippen molar-refractivity contribution in [1.29, 1.82) is 0 Å². The van der Waals surface area contributed by atoms with Crippen molar-refractivity contribution in [2.75, 3.05) is 0 Å². The quantitative estimate of drug-likeness (QED) is 0.771. The van der Waals surface area contributed by atoms with E-state index in [9.17, 15) is 5.11 Å². The van der Waals surface area contributed by atoms with E-state index in [-0.39, 0.29) is 11.0 Å². The third-order valence-electron chi connectivity index (χ3n) is 6.01. The van der Waals surface area contributed by atoms with Crippen molar-refractivity contribution in [2.45, 2.75) is 70.8 Å². The molecule has 0 radical (unpaired) electrons. The lowest BCUT2D eigenvalue weighted by Crippen LogP contribution is -2.63. The van der Waals surface area contributed by atoms with Gasteiger partial charge in [0.15, 0.2) is 0 Å². The maximum Gasteiger partial charge on any atom is 0.0729 e. The largest absolute Gasteiger partial charge is 0.389 e. The van der Waals surface area contributed by atoms with Crippen molar-refractivity contribution < 1.29 is 5.11 Å². The number of unbranched alkanes of at least 4 members (excludes halogenated alkanes) is 1. The molecule has 4 bridgehead atoms. The molecule has 92 valence electrons. The summed E-state index contributed by atoms with van der Waals surface area (Å²) in [5, 5.41) is 11.2. The van der Waals surface area contributed by atoms with Crippen LogP contribution in [-0.4, -0.2) is 10.7 Å².